The van der Waals surface area contributed by atoms with E-state index in [2.05, 4.69) is 31.7 Å². The average Bonchev–Trinajstić information content (AvgIpc) is 3.56. The fourth-order valence-corrected chi connectivity index (χ4v) is 9.79. The zero-order valence-corrected chi connectivity index (χ0v) is 22.5. The Morgan fingerprint density at radius 1 is 1.22 bits per heavy atom. The lowest BCUT2D eigenvalue weighted by atomic mass is 9.33. The Morgan fingerprint density at radius 3 is 2.61 bits per heavy atom. The lowest BCUT2D eigenvalue weighted by molar-refractivity contribution is -0.312. The topological polar surface area (TPSA) is 85.0 Å². The van der Waals surface area contributed by atoms with Crippen LogP contribution in [0.3, 0.4) is 0 Å². The number of carbonyl (C=O) groups is 1. The summed E-state index contributed by atoms with van der Waals surface area (Å²) in [5.74, 6) is 1.04. The van der Waals surface area contributed by atoms with E-state index in [1.807, 2.05) is 20.1 Å². The number of hydrogen-bond donors (Lipinski definition) is 2. The SMILES string of the molecule is CO[C@]12CC[C@@]3(C[C@@H]1C(C)(O)C(C)(C)C)[C@H]1Cc4ccc(C(N)=O)c5c4[C@@]3(CCN1CC1CC1)[C@H]2O5. The number of benzene rings is 1. The van der Waals surface area contributed by atoms with Crippen LogP contribution >= 0.6 is 0 Å². The summed E-state index contributed by atoms with van der Waals surface area (Å²) in [5, 5.41) is 12.3. The zero-order valence-electron chi connectivity index (χ0n) is 22.5. The van der Waals surface area contributed by atoms with E-state index in [9.17, 15) is 9.90 Å². The number of ether oxygens (including phenoxy) is 2. The van der Waals surface area contributed by atoms with Crippen LogP contribution in [-0.2, 0) is 16.6 Å². The second kappa shape index (κ2) is 6.86. The van der Waals surface area contributed by atoms with Gasteiger partial charge in [0, 0.05) is 42.0 Å². The normalized spacial score (nSPS) is 42.0. The molecule has 6 heteroatoms. The molecule has 4 bridgehead atoms. The molecule has 2 aliphatic heterocycles. The van der Waals surface area contributed by atoms with Crippen molar-refractivity contribution in [2.45, 2.75) is 101 Å². The Morgan fingerprint density at radius 2 is 1.97 bits per heavy atom. The molecule has 6 nitrogen and oxygen atoms in total. The van der Waals surface area contributed by atoms with Crippen LogP contribution in [0, 0.1) is 22.7 Å². The van der Waals surface area contributed by atoms with Crippen molar-refractivity contribution in [1.29, 1.82) is 0 Å². The van der Waals surface area contributed by atoms with Crippen LogP contribution in [0.25, 0.3) is 0 Å². The van der Waals surface area contributed by atoms with E-state index in [0.717, 1.165) is 44.6 Å². The van der Waals surface area contributed by atoms with E-state index < -0.39 is 17.1 Å². The fraction of sp³-hybridized carbons (Fsp3) is 0.767. The minimum Gasteiger partial charge on any atom is -0.485 e. The van der Waals surface area contributed by atoms with E-state index in [4.69, 9.17) is 15.2 Å². The second-order valence-corrected chi connectivity index (χ2v) is 14.2. The van der Waals surface area contributed by atoms with E-state index >= 15 is 0 Å². The maximum Gasteiger partial charge on any atom is 0.252 e. The van der Waals surface area contributed by atoms with Gasteiger partial charge in [0.05, 0.1) is 11.2 Å². The van der Waals surface area contributed by atoms with Crippen molar-refractivity contribution >= 4 is 5.91 Å². The number of piperidine rings is 1. The monoisotopic (exact) mass is 494 g/mol. The third-order valence-corrected chi connectivity index (χ3v) is 12.1. The number of carbonyl (C=O) groups excluding carboxylic acids is 1. The standard InChI is InChI=1S/C30H42N2O4/c1-26(2,3)27(4,34)20-15-28-10-11-30(20,35-5)25-29(28)12-13-32(16-17-6-7-17)21(28)14-18-8-9-19(24(31)33)23(36-25)22(18)29/h8-9,17,20-21,25,34H,6-7,10-16H2,1-5H3,(H2,31,33)/t20-,21-,25-,27?,28-,29+,30-/m1/s1. The van der Waals surface area contributed by atoms with Crippen LogP contribution in [0.1, 0.15) is 87.7 Å². The Labute approximate surface area is 214 Å². The molecule has 5 aliphatic carbocycles. The van der Waals surface area contributed by atoms with Crippen molar-refractivity contribution in [2.24, 2.45) is 28.4 Å². The predicted molar refractivity (Wildman–Crippen MR) is 137 cm³/mol. The van der Waals surface area contributed by atoms with Gasteiger partial charge < -0.3 is 20.3 Å². The van der Waals surface area contributed by atoms with Gasteiger partial charge in [-0.25, -0.2) is 0 Å². The quantitative estimate of drug-likeness (QED) is 0.650. The lowest BCUT2D eigenvalue weighted by Crippen LogP contribution is -2.83. The number of nitrogens with zero attached hydrogens (tertiary/aromatic N) is 1. The molecule has 2 heterocycles. The van der Waals surface area contributed by atoms with Crippen LogP contribution in [0.5, 0.6) is 5.75 Å². The van der Waals surface area contributed by atoms with E-state index in [-0.39, 0.29) is 28.3 Å². The Bertz CT molecular complexity index is 1150. The summed E-state index contributed by atoms with van der Waals surface area (Å²) in [5.41, 5.74) is 6.86. The van der Waals surface area contributed by atoms with Crippen LogP contribution < -0.4 is 10.5 Å². The number of amides is 1. The number of methoxy groups -OCH3 is 1. The fourth-order valence-electron chi connectivity index (χ4n) is 9.79. The van der Waals surface area contributed by atoms with Crippen molar-refractivity contribution in [2.75, 3.05) is 20.2 Å². The molecule has 0 radical (unpaired) electrons. The van der Waals surface area contributed by atoms with Crippen LogP contribution in [0.15, 0.2) is 12.1 Å². The molecular formula is C30H42N2O4. The van der Waals surface area contributed by atoms with Crippen LogP contribution in [0.2, 0.25) is 0 Å². The van der Waals surface area contributed by atoms with Gasteiger partial charge in [0.15, 0.2) is 0 Å². The predicted octanol–water partition coefficient (Wildman–Crippen LogP) is 3.81. The Kier molecular flexibility index (Phi) is 4.48. The number of aliphatic hydroxyl groups is 1. The highest BCUT2D eigenvalue weighted by molar-refractivity contribution is 5.97. The number of hydrogen-bond acceptors (Lipinski definition) is 5. The van der Waals surface area contributed by atoms with Gasteiger partial charge in [0.25, 0.3) is 5.91 Å². The van der Waals surface area contributed by atoms with E-state index in [1.165, 1.54) is 30.5 Å². The summed E-state index contributed by atoms with van der Waals surface area (Å²) in [6.07, 6.45) is 7.34. The maximum atomic E-state index is 12.6. The van der Waals surface area contributed by atoms with Crippen molar-refractivity contribution in [3.8, 4) is 5.75 Å². The van der Waals surface area contributed by atoms with Gasteiger partial charge >= 0.3 is 0 Å². The molecule has 7 aliphatic rings. The largest absolute Gasteiger partial charge is 0.485 e. The summed E-state index contributed by atoms with van der Waals surface area (Å²) in [6, 6.07) is 4.45. The molecule has 196 valence electrons. The van der Waals surface area contributed by atoms with Gasteiger partial charge in [0.2, 0.25) is 0 Å². The van der Waals surface area contributed by atoms with Gasteiger partial charge in [-0.3, -0.25) is 9.69 Å². The first-order chi connectivity index (χ1) is 16.9. The molecule has 0 aromatic heterocycles. The van der Waals surface area contributed by atoms with Gasteiger partial charge in [0.1, 0.15) is 17.5 Å². The molecule has 3 N–H and O–H groups in total. The molecule has 1 unspecified atom stereocenters. The van der Waals surface area contributed by atoms with Crippen LogP contribution in [0.4, 0.5) is 0 Å². The summed E-state index contributed by atoms with van der Waals surface area (Å²) in [6.45, 7) is 10.7. The number of likely N-dealkylation sites (tertiary alicyclic amines) is 1. The first kappa shape index (κ1) is 23.5. The second-order valence-electron chi connectivity index (χ2n) is 14.2. The number of rotatable bonds is 5. The van der Waals surface area contributed by atoms with Gasteiger partial charge in [-0.1, -0.05) is 26.8 Å². The van der Waals surface area contributed by atoms with Crippen LogP contribution in [-0.4, -0.2) is 59.5 Å². The highest BCUT2D eigenvalue weighted by Gasteiger charge is 2.82. The number of nitrogens with two attached hydrogens (primary N) is 1. The molecule has 1 aromatic rings. The minimum absolute atomic E-state index is 0.0144. The molecule has 8 rings (SSSR count). The average molecular weight is 495 g/mol. The zero-order chi connectivity index (χ0) is 25.5. The Hall–Kier alpha value is -1.63. The number of fused-ring (bicyclic) bond motifs is 2. The summed E-state index contributed by atoms with van der Waals surface area (Å²) in [7, 11) is 1.81. The molecule has 1 amide bonds. The first-order valence-corrected chi connectivity index (χ1v) is 14.1. The van der Waals surface area contributed by atoms with Crippen molar-refractivity contribution in [3.63, 3.8) is 0 Å². The molecule has 1 aromatic carbocycles. The summed E-state index contributed by atoms with van der Waals surface area (Å²) < 4.78 is 13.6. The van der Waals surface area contributed by atoms with Crippen molar-refractivity contribution in [1.82, 2.24) is 4.90 Å². The molecule has 1 saturated heterocycles. The van der Waals surface area contributed by atoms with Crippen molar-refractivity contribution < 1.29 is 19.4 Å². The van der Waals surface area contributed by atoms with E-state index in [0.29, 0.717) is 17.4 Å². The third kappa shape index (κ3) is 2.48. The van der Waals surface area contributed by atoms with Crippen molar-refractivity contribution in [3.05, 3.63) is 28.8 Å². The molecule has 36 heavy (non-hydrogen) atoms. The smallest absolute Gasteiger partial charge is 0.252 e. The highest BCUT2D eigenvalue weighted by Crippen LogP contribution is 2.77. The lowest BCUT2D eigenvalue weighted by Gasteiger charge is -2.75. The first-order valence-electron chi connectivity index (χ1n) is 14.1. The molecule has 7 atom stereocenters. The van der Waals surface area contributed by atoms with Gasteiger partial charge in [-0.2, -0.15) is 0 Å². The van der Waals surface area contributed by atoms with E-state index in [1.54, 1.807) is 0 Å². The van der Waals surface area contributed by atoms with Gasteiger partial charge in [-0.15, -0.1) is 0 Å². The molecular weight excluding hydrogens is 452 g/mol. The number of primary amides is 1. The maximum absolute atomic E-state index is 12.6. The summed E-state index contributed by atoms with van der Waals surface area (Å²) >= 11 is 0. The minimum atomic E-state index is -0.946. The van der Waals surface area contributed by atoms with Gasteiger partial charge in [-0.05, 0) is 81.4 Å². The Balaban J connectivity index is 1.49. The molecule has 2 spiro atoms. The highest BCUT2D eigenvalue weighted by atomic mass is 16.6. The molecule has 5 fully saturated rings. The third-order valence-electron chi connectivity index (χ3n) is 12.1. The molecule has 4 saturated carbocycles. The summed E-state index contributed by atoms with van der Waals surface area (Å²) in [4.78, 5) is 15.4.